The maximum atomic E-state index is 10.6. The minimum atomic E-state index is -0.584. The highest BCUT2D eigenvalue weighted by Crippen LogP contribution is 2.26. The molecule has 0 aliphatic rings. The molecule has 0 heterocycles. The molecule has 0 bridgehead atoms. The molecule has 0 aliphatic heterocycles. The zero-order chi connectivity index (χ0) is 10.7. The Bertz CT molecular complexity index is 425. The predicted molar refractivity (Wildman–Crippen MR) is 50.7 cm³/mol. The van der Waals surface area contributed by atoms with Crippen LogP contribution >= 0.6 is 11.6 Å². The van der Waals surface area contributed by atoms with Crippen LogP contribution < -0.4 is 5.73 Å². The van der Waals surface area contributed by atoms with Gasteiger partial charge in [0.15, 0.2) is 0 Å². The van der Waals surface area contributed by atoms with Crippen molar-refractivity contribution in [1.82, 2.24) is 0 Å². The molecule has 6 heteroatoms. The van der Waals surface area contributed by atoms with Crippen molar-refractivity contribution in [2.24, 2.45) is 5.73 Å². The molecule has 0 aliphatic carbocycles. The van der Waals surface area contributed by atoms with Gasteiger partial charge >= 0.3 is 0 Å². The van der Waals surface area contributed by atoms with Crippen molar-refractivity contribution in [3.05, 3.63) is 38.4 Å². The lowest BCUT2D eigenvalue weighted by atomic mass is 10.1. The summed E-state index contributed by atoms with van der Waals surface area (Å²) in [6.07, 6.45) is 0. The normalized spacial score (nSPS) is 9.50. The van der Waals surface area contributed by atoms with Crippen molar-refractivity contribution in [3.8, 4) is 6.07 Å². The Balaban J connectivity index is 3.42. The van der Waals surface area contributed by atoms with Crippen molar-refractivity contribution in [1.29, 1.82) is 5.26 Å². The molecule has 0 fully saturated rings. The lowest BCUT2D eigenvalue weighted by Gasteiger charge is -2.01. The second-order valence-electron chi connectivity index (χ2n) is 2.53. The summed E-state index contributed by atoms with van der Waals surface area (Å²) in [7, 11) is 0. The first-order chi connectivity index (χ1) is 6.60. The number of hydrogen-bond acceptors (Lipinski definition) is 4. The molecule has 1 rings (SSSR count). The van der Waals surface area contributed by atoms with E-state index in [2.05, 4.69) is 0 Å². The minimum Gasteiger partial charge on any atom is -0.326 e. The van der Waals surface area contributed by atoms with Gasteiger partial charge in [0.05, 0.1) is 15.5 Å². The minimum absolute atomic E-state index is 0.0156. The van der Waals surface area contributed by atoms with Crippen molar-refractivity contribution in [2.75, 3.05) is 0 Å². The van der Waals surface area contributed by atoms with Crippen LogP contribution in [0.2, 0.25) is 5.02 Å². The highest BCUT2D eigenvalue weighted by Gasteiger charge is 2.15. The Kier molecular flexibility index (Phi) is 3.02. The van der Waals surface area contributed by atoms with E-state index in [-0.39, 0.29) is 22.8 Å². The smallest absolute Gasteiger partial charge is 0.275 e. The van der Waals surface area contributed by atoms with Crippen LogP contribution in [0.4, 0.5) is 5.69 Å². The summed E-state index contributed by atoms with van der Waals surface area (Å²) in [6.45, 7) is 0.0156. The quantitative estimate of drug-likeness (QED) is 0.594. The molecule has 0 aromatic heterocycles. The fourth-order valence-electron chi connectivity index (χ4n) is 1.02. The second kappa shape index (κ2) is 4.05. The summed E-state index contributed by atoms with van der Waals surface area (Å²) in [6, 6.07) is 4.24. The van der Waals surface area contributed by atoms with E-state index in [1.165, 1.54) is 6.07 Å². The number of nitrogens with two attached hydrogens (primary N) is 1. The van der Waals surface area contributed by atoms with Crippen molar-refractivity contribution in [2.45, 2.75) is 6.54 Å². The molecule has 72 valence electrons. The summed E-state index contributed by atoms with van der Waals surface area (Å²) in [4.78, 5) is 9.97. The van der Waals surface area contributed by atoms with Gasteiger partial charge in [0.25, 0.3) is 5.69 Å². The topological polar surface area (TPSA) is 92.9 Å². The van der Waals surface area contributed by atoms with E-state index in [4.69, 9.17) is 22.6 Å². The third kappa shape index (κ3) is 1.82. The number of rotatable bonds is 2. The highest BCUT2D eigenvalue weighted by molar-refractivity contribution is 6.31. The van der Waals surface area contributed by atoms with E-state index >= 15 is 0 Å². The fourth-order valence-corrected chi connectivity index (χ4v) is 1.25. The number of hydrogen-bond donors (Lipinski definition) is 1. The average molecular weight is 212 g/mol. The van der Waals surface area contributed by atoms with E-state index in [9.17, 15) is 10.1 Å². The zero-order valence-electron chi connectivity index (χ0n) is 7.03. The monoisotopic (exact) mass is 211 g/mol. The second-order valence-corrected chi connectivity index (χ2v) is 2.94. The number of nitro groups is 1. The first-order valence-electron chi connectivity index (χ1n) is 3.67. The van der Waals surface area contributed by atoms with Crippen LogP contribution in [0.25, 0.3) is 0 Å². The van der Waals surface area contributed by atoms with E-state index in [0.29, 0.717) is 5.56 Å². The van der Waals surface area contributed by atoms with E-state index in [0.717, 1.165) is 6.07 Å². The molecule has 1 aromatic carbocycles. The first kappa shape index (κ1) is 10.4. The number of nitriles is 1. The van der Waals surface area contributed by atoms with Crippen molar-refractivity contribution < 1.29 is 4.92 Å². The Morgan fingerprint density at radius 1 is 1.64 bits per heavy atom. The molecular weight excluding hydrogens is 206 g/mol. The van der Waals surface area contributed by atoms with Crippen LogP contribution in [-0.4, -0.2) is 4.92 Å². The third-order valence-electron chi connectivity index (χ3n) is 1.71. The predicted octanol–water partition coefficient (Wildman–Crippen LogP) is 1.58. The Hall–Kier alpha value is -1.64. The van der Waals surface area contributed by atoms with Crippen LogP contribution in [0.1, 0.15) is 11.1 Å². The van der Waals surface area contributed by atoms with E-state index < -0.39 is 4.92 Å². The van der Waals surface area contributed by atoms with Gasteiger partial charge in [-0.25, -0.2) is 0 Å². The van der Waals surface area contributed by atoms with Gasteiger partial charge in [-0.15, -0.1) is 0 Å². The molecule has 0 unspecified atom stereocenters. The molecule has 0 atom stereocenters. The van der Waals surface area contributed by atoms with E-state index in [1.54, 1.807) is 6.07 Å². The summed E-state index contributed by atoms with van der Waals surface area (Å²) in [5.41, 5.74) is 5.53. The maximum absolute atomic E-state index is 10.6. The number of nitro benzene ring substituents is 1. The van der Waals surface area contributed by atoms with Crippen LogP contribution in [0.3, 0.4) is 0 Å². The number of nitrogens with zero attached hydrogens (tertiary/aromatic N) is 2. The van der Waals surface area contributed by atoms with Gasteiger partial charge in [-0.3, -0.25) is 10.1 Å². The van der Waals surface area contributed by atoms with E-state index in [1.807, 2.05) is 0 Å². The van der Waals surface area contributed by atoms with Gasteiger partial charge in [0.1, 0.15) is 6.07 Å². The summed E-state index contributed by atoms with van der Waals surface area (Å²) >= 11 is 5.68. The molecule has 2 N–H and O–H groups in total. The van der Waals surface area contributed by atoms with Gasteiger partial charge in [-0.1, -0.05) is 11.6 Å². The lowest BCUT2D eigenvalue weighted by Crippen LogP contribution is -2.02. The molecular formula is C8H6ClN3O2. The molecule has 0 saturated carbocycles. The highest BCUT2D eigenvalue weighted by atomic mass is 35.5. The molecule has 0 radical (unpaired) electrons. The molecule has 0 spiro atoms. The van der Waals surface area contributed by atoms with Gasteiger partial charge in [0, 0.05) is 18.2 Å². The SMILES string of the molecule is N#Cc1cc([N+](=O)[O-])c(CN)cc1Cl. The van der Waals surface area contributed by atoms with Crippen LogP contribution in [-0.2, 0) is 6.54 Å². The number of halogens is 1. The average Bonchev–Trinajstić information content (AvgIpc) is 2.16. The van der Waals surface area contributed by atoms with Crippen LogP contribution in [0, 0.1) is 21.4 Å². The Morgan fingerprint density at radius 3 is 2.71 bits per heavy atom. The van der Waals surface area contributed by atoms with Crippen LogP contribution in [0.15, 0.2) is 12.1 Å². The number of benzene rings is 1. The van der Waals surface area contributed by atoms with Gasteiger partial charge in [-0.2, -0.15) is 5.26 Å². The first-order valence-corrected chi connectivity index (χ1v) is 4.05. The standard InChI is InChI=1S/C8H6ClN3O2/c9-7-1-6(4-11)8(12(13)14)2-5(7)3-10/h1-2H,4,11H2. The van der Waals surface area contributed by atoms with Gasteiger partial charge < -0.3 is 5.73 Å². The lowest BCUT2D eigenvalue weighted by molar-refractivity contribution is -0.385. The van der Waals surface area contributed by atoms with Crippen molar-refractivity contribution >= 4 is 17.3 Å². The molecule has 5 nitrogen and oxygen atoms in total. The molecule has 0 amide bonds. The van der Waals surface area contributed by atoms with Gasteiger partial charge in [0.2, 0.25) is 0 Å². The maximum Gasteiger partial charge on any atom is 0.275 e. The summed E-state index contributed by atoms with van der Waals surface area (Å²) < 4.78 is 0. The fraction of sp³-hybridized carbons (Fsp3) is 0.125. The Morgan fingerprint density at radius 2 is 2.29 bits per heavy atom. The van der Waals surface area contributed by atoms with Crippen LogP contribution in [0.5, 0.6) is 0 Å². The molecule has 0 saturated heterocycles. The zero-order valence-corrected chi connectivity index (χ0v) is 7.78. The molecule has 14 heavy (non-hydrogen) atoms. The third-order valence-corrected chi connectivity index (χ3v) is 2.02. The Labute approximate surface area is 84.8 Å². The van der Waals surface area contributed by atoms with Crippen molar-refractivity contribution in [3.63, 3.8) is 0 Å². The summed E-state index contributed by atoms with van der Waals surface area (Å²) in [5.74, 6) is 0. The largest absolute Gasteiger partial charge is 0.326 e. The molecule has 1 aromatic rings. The van der Waals surface area contributed by atoms with Gasteiger partial charge in [-0.05, 0) is 6.07 Å². The summed E-state index contributed by atoms with van der Waals surface area (Å²) in [5, 5.41) is 19.3.